The van der Waals surface area contributed by atoms with Crippen LogP contribution in [0.15, 0.2) is 58.3 Å². The van der Waals surface area contributed by atoms with E-state index < -0.39 is 20.5 Å². The third-order valence-corrected chi connectivity index (χ3v) is 11.5. The van der Waals surface area contributed by atoms with Gasteiger partial charge in [-0.1, -0.05) is 12.1 Å². The second kappa shape index (κ2) is 10.1. The van der Waals surface area contributed by atoms with E-state index >= 15 is 0 Å². The molecule has 1 aliphatic heterocycles. The molecular formula is C25H28N4O4S3. The Morgan fingerprint density at radius 3 is 2.44 bits per heavy atom. The van der Waals surface area contributed by atoms with Gasteiger partial charge in [-0.2, -0.15) is 0 Å². The summed E-state index contributed by atoms with van der Waals surface area (Å²) < 4.78 is 26.4. The molecule has 1 aliphatic carbocycles. The van der Waals surface area contributed by atoms with Gasteiger partial charge in [0, 0.05) is 36.3 Å². The first kappa shape index (κ1) is 25.2. The number of nitrogens with one attached hydrogen (secondary N) is 1. The lowest BCUT2D eigenvalue weighted by Gasteiger charge is -2.39. The van der Waals surface area contributed by atoms with Gasteiger partial charge in [0.05, 0.1) is 15.1 Å². The van der Waals surface area contributed by atoms with E-state index in [0.717, 1.165) is 28.0 Å². The van der Waals surface area contributed by atoms with Gasteiger partial charge in [0.1, 0.15) is 0 Å². The molecule has 2 aliphatic rings. The van der Waals surface area contributed by atoms with E-state index in [9.17, 15) is 18.0 Å². The molecule has 5 rings (SSSR count). The molecule has 0 atom stereocenters. The van der Waals surface area contributed by atoms with Gasteiger partial charge in [0.15, 0.2) is 19.6 Å². The van der Waals surface area contributed by atoms with Crippen LogP contribution < -0.4 is 11.1 Å². The number of nitrogens with two attached hydrogens (primary N) is 1. The van der Waals surface area contributed by atoms with Crippen LogP contribution in [0.3, 0.4) is 0 Å². The Labute approximate surface area is 218 Å². The average Bonchev–Trinajstić information content (AvgIpc) is 3.64. The van der Waals surface area contributed by atoms with Crippen molar-refractivity contribution in [3.63, 3.8) is 0 Å². The Kier molecular flexibility index (Phi) is 7.08. The highest BCUT2D eigenvalue weighted by Crippen LogP contribution is 2.39. The van der Waals surface area contributed by atoms with Crippen molar-refractivity contribution in [2.24, 2.45) is 5.73 Å². The normalized spacial score (nSPS) is 18.2. The number of thioether (sulfide) groups is 1. The van der Waals surface area contributed by atoms with E-state index in [4.69, 9.17) is 5.73 Å². The van der Waals surface area contributed by atoms with Gasteiger partial charge in [0.25, 0.3) is 5.91 Å². The van der Waals surface area contributed by atoms with E-state index in [2.05, 4.69) is 15.2 Å². The topological polar surface area (TPSA) is 122 Å². The van der Waals surface area contributed by atoms with Crippen LogP contribution in [0.1, 0.15) is 35.5 Å². The number of amides is 2. The highest BCUT2D eigenvalue weighted by atomic mass is 32.2. The van der Waals surface area contributed by atoms with E-state index in [1.807, 2.05) is 24.3 Å². The molecule has 0 bridgehead atoms. The summed E-state index contributed by atoms with van der Waals surface area (Å²) in [5.41, 5.74) is 6.49. The fourth-order valence-electron chi connectivity index (χ4n) is 4.66. The summed E-state index contributed by atoms with van der Waals surface area (Å²) >= 11 is 2.87. The number of fused-ring (bicyclic) bond motifs is 1. The Morgan fingerprint density at radius 1 is 1.11 bits per heavy atom. The molecule has 11 heteroatoms. The number of rotatable bonds is 9. The van der Waals surface area contributed by atoms with Crippen LogP contribution in [-0.4, -0.2) is 66.3 Å². The summed E-state index contributed by atoms with van der Waals surface area (Å²) in [6.45, 7) is 1.59. The number of thiazole rings is 1. The van der Waals surface area contributed by atoms with Gasteiger partial charge in [-0.05, 0) is 62.1 Å². The summed E-state index contributed by atoms with van der Waals surface area (Å²) in [4.78, 5) is 32.4. The minimum Gasteiger partial charge on any atom is -0.368 e. The Hall–Kier alpha value is -2.47. The number of piperidine rings is 1. The SMILES string of the molecule is NC(=O)C1(S(=O)(=O)c2ccc(SCCNC(=O)c3nc4ccccc4s3)cc2)CCN(C2CC2)CC1. The minimum absolute atomic E-state index is 0.120. The Morgan fingerprint density at radius 2 is 1.81 bits per heavy atom. The summed E-state index contributed by atoms with van der Waals surface area (Å²) in [6.07, 6.45) is 2.74. The molecule has 3 N–H and O–H groups in total. The fraction of sp³-hybridized carbons (Fsp3) is 0.400. The zero-order valence-electron chi connectivity index (χ0n) is 19.7. The molecule has 2 amide bonds. The lowest BCUT2D eigenvalue weighted by Crippen LogP contribution is -2.57. The van der Waals surface area contributed by atoms with Crippen LogP contribution in [0, 0.1) is 0 Å². The zero-order chi connectivity index (χ0) is 25.3. The summed E-state index contributed by atoms with van der Waals surface area (Å²) in [5.74, 6) is -0.353. The number of carbonyl (C=O) groups is 2. The van der Waals surface area contributed by atoms with Gasteiger partial charge in [-0.15, -0.1) is 23.1 Å². The van der Waals surface area contributed by atoms with Crippen molar-refractivity contribution in [2.75, 3.05) is 25.4 Å². The predicted octanol–water partition coefficient (Wildman–Crippen LogP) is 3.07. The van der Waals surface area contributed by atoms with Crippen molar-refractivity contribution >= 4 is 55.0 Å². The van der Waals surface area contributed by atoms with Gasteiger partial charge < -0.3 is 16.0 Å². The quantitative estimate of drug-likeness (QED) is 0.314. The van der Waals surface area contributed by atoms with E-state index in [-0.39, 0.29) is 23.6 Å². The van der Waals surface area contributed by atoms with Crippen molar-refractivity contribution in [1.29, 1.82) is 0 Å². The second-order valence-corrected chi connectivity index (χ2v) is 13.7. The van der Waals surface area contributed by atoms with E-state index in [0.29, 0.717) is 36.4 Å². The number of hydrogen-bond acceptors (Lipinski definition) is 8. The smallest absolute Gasteiger partial charge is 0.280 e. The third kappa shape index (κ3) is 4.89. The largest absolute Gasteiger partial charge is 0.368 e. The monoisotopic (exact) mass is 544 g/mol. The number of para-hydroxylation sites is 1. The van der Waals surface area contributed by atoms with Crippen molar-refractivity contribution < 1.29 is 18.0 Å². The predicted molar refractivity (Wildman–Crippen MR) is 142 cm³/mol. The zero-order valence-corrected chi connectivity index (χ0v) is 22.1. The van der Waals surface area contributed by atoms with Crippen LogP contribution in [0.25, 0.3) is 10.2 Å². The van der Waals surface area contributed by atoms with Gasteiger partial charge in [-0.3, -0.25) is 9.59 Å². The van der Waals surface area contributed by atoms with E-state index in [1.54, 1.807) is 24.3 Å². The molecule has 2 heterocycles. The molecule has 1 saturated heterocycles. The maximum atomic E-state index is 13.5. The number of aromatic nitrogens is 1. The number of nitrogens with zero attached hydrogens (tertiary/aromatic N) is 2. The highest BCUT2D eigenvalue weighted by molar-refractivity contribution is 7.99. The van der Waals surface area contributed by atoms with Crippen LogP contribution >= 0.6 is 23.1 Å². The van der Waals surface area contributed by atoms with Crippen LogP contribution in [-0.2, 0) is 14.6 Å². The first-order valence-corrected chi connectivity index (χ1v) is 15.2. The number of primary amides is 1. The first-order valence-electron chi connectivity index (χ1n) is 12.0. The van der Waals surface area contributed by atoms with Gasteiger partial charge in [-0.25, -0.2) is 13.4 Å². The number of benzene rings is 2. The highest BCUT2D eigenvalue weighted by Gasteiger charge is 2.52. The number of sulfone groups is 1. The number of carbonyl (C=O) groups excluding carboxylic acids is 2. The first-order chi connectivity index (χ1) is 17.3. The van der Waals surface area contributed by atoms with E-state index in [1.165, 1.54) is 23.1 Å². The number of hydrogen-bond donors (Lipinski definition) is 2. The second-order valence-electron chi connectivity index (χ2n) is 9.19. The molecule has 2 fully saturated rings. The van der Waals surface area contributed by atoms with Gasteiger partial charge >= 0.3 is 0 Å². The summed E-state index contributed by atoms with van der Waals surface area (Å²) in [6, 6.07) is 14.7. The standard InChI is InChI=1S/C25H28N4O4S3/c26-24(31)25(11-14-29(15-12-25)17-5-6-17)36(32,33)19-9-7-18(8-10-19)34-16-13-27-22(30)23-28-20-3-1-2-4-21(20)35-23/h1-4,7-10,17H,5-6,11-16H2,(H2,26,31)(H,27,30). The van der Waals surface area contributed by atoms with Crippen LogP contribution in [0.2, 0.25) is 0 Å². The molecule has 36 heavy (non-hydrogen) atoms. The molecule has 3 aromatic rings. The maximum absolute atomic E-state index is 13.5. The number of likely N-dealkylation sites (tertiary alicyclic amines) is 1. The van der Waals surface area contributed by atoms with Crippen LogP contribution in [0.5, 0.6) is 0 Å². The van der Waals surface area contributed by atoms with Crippen molar-refractivity contribution in [3.8, 4) is 0 Å². The Bertz CT molecular complexity index is 1340. The maximum Gasteiger partial charge on any atom is 0.280 e. The summed E-state index contributed by atoms with van der Waals surface area (Å²) in [5, 5.41) is 3.31. The van der Waals surface area contributed by atoms with Crippen molar-refractivity contribution in [1.82, 2.24) is 15.2 Å². The minimum atomic E-state index is -3.92. The van der Waals surface area contributed by atoms with Gasteiger partial charge in [0.2, 0.25) is 5.91 Å². The lowest BCUT2D eigenvalue weighted by molar-refractivity contribution is -0.121. The molecule has 0 radical (unpaired) electrons. The Balaban J connectivity index is 1.17. The molecule has 190 valence electrons. The molecular weight excluding hydrogens is 517 g/mol. The molecule has 1 aromatic heterocycles. The van der Waals surface area contributed by atoms with Crippen molar-refractivity contribution in [2.45, 2.75) is 46.3 Å². The third-order valence-electron chi connectivity index (χ3n) is 6.91. The lowest BCUT2D eigenvalue weighted by atomic mass is 9.95. The average molecular weight is 545 g/mol. The molecule has 2 aromatic carbocycles. The van der Waals surface area contributed by atoms with Crippen LogP contribution in [0.4, 0.5) is 0 Å². The fourth-order valence-corrected chi connectivity index (χ4v) is 8.24. The summed E-state index contributed by atoms with van der Waals surface area (Å²) in [7, 11) is -3.92. The van der Waals surface area contributed by atoms with Crippen molar-refractivity contribution in [3.05, 3.63) is 53.5 Å². The molecule has 1 saturated carbocycles. The molecule has 8 nitrogen and oxygen atoms in total. The molecule has 0 spiro atoms. The molecule has 0 unspecified atom stereocenters.